The Morgan fingerprint density at radius 1 is 1.40 bits per heavy atom. The molecule has 2 N–H and O–H groups in total. The second kappa shape index (κ2) is 5.41. The summed E-state index contributed by atoms with van der Waals surface area (Å²) in [5.74, 6) is -0.0879. The monoisotopic (exact) mass is 284 g/mol. The lowest BCUT2D eigenvalue weighted by atomic mass is 10.1. The molecule has 0 saturated heterocycles. The minimum absolute atomic E-state index is 0.0879. The van der Waals surface area contributed by atoms with E-state index in [1.807, 2.05) is 0 Å². The van der Waals surface area contributed by atoms with Crippen LogP contribution in [-0.4, -0.2) is 10.9 Å². The molecule has 0 radical (unpaired) electrons. The molecule has 6 heteroatoms. The number of thiazole rings is 1. The number of nitriles is 1. The van der Waals surface area contributed by atoms with Crippen LogP contribution in [0.25, 0.3) is 0 Å². The quantitative estimate of drug-likeness (QED) is 0.901. The van der Waals surface area contributed by atoms with Gasteiger partial charge in [0, 0.05) is 18.0 Å². The molecule has 1 aromatic carbocycles. The van der Waals surface area contributed by atoms with E-state index >= 15 is 0 Å². The van der Waals surface area contributed by atoms with Crippen LogP contribution >= 0.6 is 11.3 Å². The van der Waals surface area contributed by atoms with Gasteiger partial charge in [-0.25, -0.2) is 4.98 Å². The van der Waals surface area contributed by atoms with Crippen molar-refractivity contribution in [1.82, 2.24) is 10.3 Å². The van der Waals surface area contributed by atoms with Gasteiger partial charge in [0.05, 0.1) is 23.7 Å². The second-order valence-electron chi connectivity index (χ2n) is 4.53. The molecule has 0 aliphatic carbocycles. The van der Waals surface area contributed by atoms with Crippen LogP contribution in [-0.2, 0) is 24.3 Å². The third-order valence-electron chi connectivity index (χ3n) is 3.05. The number of aromatic nitrogens is 1. The maximum absolute atomic E-state index is 11.9. The number of rotatable bonds is 3. The molecular formula is C14H12N4OS. The van der Waals surface area contributed by atoms with E-state index in [2.05, 4.69) is 21.7 Å². The van der Waals surface area contributed by atoms with Crippen LogP contribution < -0.4 is 10.6 Å². The number of nitrogens with one attached hydrogen (secondary N) is 2. The van der Waals surface area contributed by atoms with Crippen molar-refractivity contribution in [2.24, 2.45) is 0 Å². The van der Waals surface area contributed by atoms with Crippen LogP contribution in [0.2, 0.25) is 0 Å². The van der Waals surface area contributed by atoms with Crippen molar-refractivity contribution >= 4 is 22.4 Å². The Balaban J connectivity index is 1.62. The fourth-order valence-electron chi connectivity index (χ4n) is 2.05. The van der Waals surface area contributed by atoms with Gasteiger partial charge in [0.25, 0.3) is 0 Å². The molecule has 1 amide bonds. The molecule has 0 fully saturated rings. The number of anilines is 1. The van der Waals surface area contributed by atoms with Crippen LogP contribution in [0, 0.1) is 11.3 Å². The summed E-state index contributed by atoms with van der Waals surface area (Å²) >= 11 is 1.52. The summed E-state index contributed by atoms with van der Waals surface area (Å²) in [5.41, 5.74) is 2.51. The number of benzene rings is 1. The van der Waals surface area contributed by atoms with Crippen LogP contribution in [0.4, 0.5) is 5.13 Å². The van der Waals surface area contributed by atoms with Gasteiger partial charge in [0.1, 0.15) is 0 Å². The Hall–Kier alpha value is -2.23. The molecule has 2 heterocycles. The van der Waals surface area contributed by atoms with E-state index in [1.54, 1.807) is 24.3 Å². The largest absolute Gasteiger partial charge is 0.306 e. The van der Waals surface area contributed by atoms with E-state index in [0.29, 0.717) is 10.7 Å². The Kier molecular flexibility index (Phi) is 3.46. The maximum atomic E-state index is 11.9. The van der Waals surface area contributed by atoms with Crippen molar-refractivity contribution in [2.75, 3.05) is 5.32 Å². The highest BCUT2D eigenvalue weighted by Gasteiger charge is 2.17. The standard InChI is InChI=1S/C14H12N4OS/c15-6-10-3-1-9(2-4-10)5-13(19)18-14-17-11-7-16-8-12(11)20-14/h1-4,16H,5,7-8H2,(H,17,18,19). The first-order valence-corrected chi connectivity index (χ1v) is 7.04. The highest BCUT2D eigenvalue weighted by molar-refractivity contribution is 7.15. The minimum Gasteiger partial charge on any atom is -0.306 e. The normalized spacial score (nSPS) is 12.8. The maximum Gasteiger partial charge on any atom is 0.230 e. The zero-order chi connectivity index (χ0) is 13.9. The lowest BCUT2D eigenvalue weighted by Gasteiger charge is -2.02. The van der Waals surface area contributed by atoms with E-state index < -0.39 is 0 Å². The summed E-state index contributed by atoms with van der Waals surface area (Å²) in [4.78, 5) is 17.5. The first-order valence-electron chi connectivity index (χ1n) is 6.23. The summed E-state index contributed by atoms with van der Waals surface area (Å²) in [7, 11) is 0. The topological polar surface area (TPSA) is 77.8 Å². The lowest BCUT2D eigenvalue weighted by molar-refractivity contribution is -0.115. The molecule has 0 saturated carbocycles. The minimum atomic E-state index is -0.0879. The number of amides is 1. The second-order valence-corrected chi connectivity index (χ2v) is 5.61. The first kappa shape index (κ1) is 12.8. The van der Waals surface area contributed by atoms with Gasteiger partial charge in [-0.05, 0) is 17.7 Å². The van der Waals surface area contributed by atoms with Gasteiger partial charge < -0.3 is 10.6 Å². The third-order valence-corrected chi connectivity index (χ3v) is 4.06. The van der Waals surface area contributed by atoms with Gasteiger partial charge in [0.15, 0.2) is 5.13 Å². The molecule has 20 heavy (non-hydrogen) atoms. The van der Waals surface area contributed by atoms with E-state index in [0.717, 1.165) is 24.3 Å². The third kappa shape index (κ3) is 2.69. The molecule has 1 aliphatic rings. The Labute approximate surface area is 120 Å². The van der Waals surface area contributed by atoms with Gasteiger partial charge in [-0.2, -0.15) is 5.26 Å². The molecule has 1 aliphatic heterocycles. The van der Waals surface area contributed by atoms with Crippen LogP contribution in [0.5, 0.6) is 0 Å². The SMILES string of the molecule is N#Cc1ccc(CC(=O)Nc2nc3c(s2)CNC3)cc1. The van der Waals surface area contributed by atoms with E-state index in [1.165, 1.54) is 16.2 Å². The van der Waals surface area contributed by atoms with E-state index in [-0.39, 0.29) is 12.3 Å². The summed E-state index contributed by atoms with van der Waals surface area (Å²) in [6.07, 6.45) is 0.286. The predicted octanol–water partition coefficient (Wildman–Crippen LogP) is 1.80. The van der Waals surface area contributed by atoms with Crippen LogP contribution in [0.15, 0.2) is 24.3 Å². The van der Waals surface area contributed by atoms with Crippen LogP contribution in [0.3, 0.4) is 0 Å². The van der Waals surface area contributed by atoms with Crippen molar-refractivity contribution in [3.8, 4) is 6.07 Å². The number of carbonyl (C=O) groups is 1. The zero-order valence-electron chi connectivity index (χ0n) is 10.6. The number of hydrogen-bond acceptors (Lipinski definition) is 5. The molecule has 100 valence electrons. The highest BCUT2D eigenvalue weighted by atomic mass is 32.1. The molecule has 0 bridgehead atoms. The smallest absolute Gasteiger partial charge is 0.230 e. The summed E-state index contributed by atoms with van der Waals surface area (Å²) in [6, 6.07) is 9.07. The van der Waals surface area contributed by atoms with Crippen molar-refractivity contribution in [3.63, 3.8) is 0 Å². The summed E-state index contributed by atoms with van der Waals surface area (Å²) in [6.45, 7) is 1.61. The van der Waals surface area contributed by atoms with E-state index in [4.69, 9.17) is 5.26 Å². The average molecular weight is 284 g/mol. The van der Waals surface area contributed by atoms with Crippen LogP contribution in [0.1, 0.15) is 21.7 Å². The van der Waals surface area contributed by atoms with Crippen molar-refractivity contribution in [3.05, 3.63) is 46.0 Å². The number of nitrogens with zero attached hydrogens (tertiary/aromatic N) is 2. The number of hydrogen-bond donors (Lipinski definition) is 2. The summed E-state index contributed by atoms with van der Waals surface area (Å²) < 4.78 is 0. The average Bonchev–Trinajstić information content (AvgIpc) is 3.00. The Bertz CT molecular complexity index is 663. The predicted molar refractivity (Wildman–Crippen MR) is 76.1 cm³/mol. The molecule has 3 rings (SSSR count). The molecular weight excluding hydrogens is 272 g/mol. The van der Waals surface area contributed by atoms with Gasteiger partial charge in [-0.1, -0.05) is 12.1 Å². The molecule has 0 atom stereocenters. The van der Waals surface area contributed by atoms with Crippen molar-refractivity contribution in [1.29, 1.82) is 5.26 Å². The van der Waals surface area contributed by atoms with E-state index in [9.17, 15) is 4.79 Å². The molecule has 5 nitrogen and oxygen atoms in total. The van der Waals surface area contributed by atoms with Crippen molar-refractivity contribution < 1.29 is 4.79 Å². The molecule has 2 aromatic rings. The summed E-state index contributed by atoms with van der Waals surface area (Å²) in [5, 5.41) is 15.4. The van der Waals surface area contributed by atoms with Gasteiger partial charge in [0.2, 0.25) is 5.91 Å². The zero-order valence-corrected chi connectivity index (χ0v) is 11.5. The molecule has 0 spiro atoms. The van der Waals surface area contributed by atoms with Gasteiger partial charge >= 0.3 is 0 Å². The molecule has 0 unspecified atom stereocenters. The fraction of sp³-hybridized carbons (Fsp3) is 0.214. The van der Waals surface area contributed by atoms with Gasteiger partial charge in [-0.15, -0.1) is 11.3 Å². The Morgan fingerprint density at radius 2 is 2.20 bits per heavy atom. The highest BCUT2D eigenvalue weighted by Crippen LogP contribution is 2.26. The first-order chi connectivity index (χ1) is 9.74. The molecule has 1 aromatic heterocycles. The Morgan fingerprint density at radius 3 is 2.90 bits per heavy atom. The lowest BCUT2D eigenvalue weighted by Crippen LogP contribution is -2.14. The van der Waals surface area contributed by atoms with Crippen molar-refractivity contribution in [2.45, 2.75) is 19.5 Å². The fourth-order valence-corrected chi connectivity index (χ4v) is 3.02. The van der Waals surface area contributed by atoms with Gasteiger partial charge in [-0.3, -0.25) is 4.79 Å². The number of carbonyl (C=O) groups excluding carboxylic acids is 1. The number of fused-ring (bicyclic) bond motifs is 1.